The predicted octanol–water partition coefficient (Wildman–Crippen LogP) is 3.74. The number of rotatable bonds is 5. The van der Waals surface area contributed by atoms with Gasteiger partial charge in [-0.1, -0.05) is 30.3 Å². The standard InChI is InChI=1S/C25H23F3N4O3/c26-25(27,28)19-9-4-5-10-20(19)29-22(33)17-32-12-6-11-21(32)24(35)31-15-13-30(14-16-31)23(34)18-7-2-1-3-8-18/h1-12H,13-17H2,(H,29,33). The number of carbonyl (C=O) groups excluding carboxylic acids is 3. The van der Waals surface area contributed by atoms with Gasteiger partial charge in [-0.25, -0.2) is 0 Å². The van der Waals surface area contributed by atoms with Crippen molar-refractivity contribution in [1.82, 2.24) is 14.4 Å². The van der Waals surface area contributed by atoms with E-state index in [4.69, 9.17) is 0 Å². The number of hydrogen-bond acceptors (Lipinski definition) is 3. The number of para-hydroxylation sites is 1. The average molecular weight is 484 g/mol. The maximum absolute atomic E-state index is 13.2. The molecule has 0 aliphatic carbocycles. The summed E-state index contributed by atoms with van der Waals surface area (Å²) in [5.74, 6) is -1.10. The predicted molar refractivity (Wildman–Crippen MR) is 123 cm³/mol. The Balaban J connectivity index is 1.38. The number of hydrogen-bond donors (Lipinski definition) is 1. The number of piperazine rings is 1. The average Bonchev–Trinajstić information content (AvgIpc) is 3.31. The van der Waals surface area contributed by atoms with Gasteiger partial charge >= 0.3 is 6.18 Å². The van der Waals surface area contributed by atoms with Crippen molar-refractivity contribution in [1.29, 1.82) is 0 Å². The summed E-state index contributed by atoms with van der Waals surface area (Å²) in [5, 5.41) is 2.29. The lowest BCUT2D eigenvalue weighted by Crippen LogP contribution is -2.51. The Kier molecular flexibility index (Phi) is 6.90. The number of aromatic nitrogens is 1. The third-order valence-corrected chi connectivity index (χ3v) is 5.74. The summed E-state index contributed by atoms with van der Waals surface area (Å²) in [6.45, 7) is 1.07. The van der Waals surface area contributed by atoms with Crippen molar-refractivity contribution in [2.24, 2.45) is 0 Å². The number of anilines is 1. The quantitative estimate of drug-likeness (QED) is 0.600. The number of nitrogens with zero attached hydrogens (tertiary/aromatic N) is 3. The van der Waals surface area contributed by atoms with Crippen LogP contribution in [0.4, 0.5) is 18.9 Å². The van der Waals surface area contributed by atoms with E-state index in [1.807, 2.05) is 6.07 Å². The van der Waals surface area contributed by atoms with Crippen LogP contribution in [0.5, 0.6) is 0 Å². The van der Waals surface area contributed by atoms with Gasteiger partial charge in [0.25, 0.3) is 11.8 Å². The van der Waals surface area contributed by atoms with E-state index in [-0.39, 0.29) is 29.7 Å². The Morgan fingerprint density at radius 2 is 1.37 bits per heavy atom. The molecule has 1 aliphatic rings. The molecule has 0 unspecified atom stereocenters. The number of carbonyl (C=O) groups is 3. The van der Waals surface area contributed by atoms with Crippen molar-refractivity contribution in [3.05, 3.63) is 89.7 Å². The van der Waals surface area contributed by atoms with E-state index in [9.17, 15) is 27.6 Å². The number of halogens is 3. The summed E-state index contributed by atoms with van der Waals surface area (Å²) in [7, 11) is 0. The van der Waals surface area contributed by atoms with E-state index < -0.39 is 17.6 Å². The van der Waals surface area contributed by atoms with Crippen LogP contribution >= 0.6 is 0 Å². The lowest BCUT2D eigenvalue weighted by atomic mass is 10.1. The molecule has 0 atom stereocenters. The van der Waals surface area contributed by atoms with Gasteiger partial charge in [0.1, 0.15) is 12.2 Å². The largest absolute Gasteiger partial charge is 0.418 e. The van der Waals surface area contributed by atoms with Crippen molar-refractivity contribution in [3.8, 4) is 0 Å². The van der Waals surface area contributed by atoms with Crippen LogP contribution < -0.4 is 5.32 Å². The van der Waals surface area contributed by atoms with Crippen LogP contribution in [-0.2, 0) is 17.5 Å². The van der Waals surface area contributed by atoms with Crippen LogP contribution in [0, 0.1) is 0 Å². The molecule has 7 nitrogen and oxygen atoms in total. The van der Waals surface area contributed by atoms with E-state index in [0.29, 0.717) is 31.7 Å². The highest BCUT2D eigenvalue weighted by Crippen LogP contribution is 2.34. The minimum Gasteiger partial charge on any atom is -0.335 e. The highest BCUT2D eigenvalue weighted by Gasteiger charge is 2.33. The summed E-state index contributed by atoms with van der Waals surface area (Å²) in [5.41, 5.74) is -0.462. The summed E-state index contributed by atoms with van der Waals surface area (Å²) in [4.78, 5) is 41.5. The van der Waals surface area contributed by atoms with Crippen LogP contribution in [0.3, 0.4) is 0 Å². The molecule has 35 heavy (non-hydrogen) atoms. The normalized spacial score (nSPS) is 14.0. The van der Waals surface area contributed by atoms with E-state index >= 15 is 0 Å². The van der Waals surface area contributed by atoms with Crippen molar-refractivity contribution in [3.63, 3.8) is 0 Å². The van der Waals surface area contributed by atoms with Crippen molar-refractivity contribution in [2.45, 2.75) is 12.7 Å². The van der Waals surface area contributed by atoms with E-state index in [1.54, 1.807) is 46.2 Å². The first-order chi connectivity index (χ1) is 16.7. The molecule has 1 aliphatic heterocycles. The number of nitrogens with one attached hydrogen (secondary N) is 1. The lowest BCUT2D eigenvalue weighted by molar-refractivity contribution is -0.137. The molecule has 0 saturated carbocycles. The first kappa shape index (κ1) is 24.1. The van der Waals surface area contributed by atoms with Gasteiger partial charge in [-0.2, -0.15) is 13.2 Å². The maximum Gasteiger partial charge on any atom is 0.418 e. The molecule has 1 saturated heterocycles. The molecule has 2 heterocycles. The maximum atomic E-state index is 13.2. The molecule has 3 aromatic rings. The second-order valence-electron chi connectivity index (χ2n) is 8.06. The van der Waals surface area contributed by atoms with E-state index in [1.165, 1.54) is 29.0 Å². The first-order valence-electron chi connectivity index (χ1n) is 11.0. The number of benzene rings is 2. The van der Waals surface area contributed by atoms with Crippen LogP contribution in [0.2, 0.25) is 0 Å². The zero-order valence-electron chi connectivity index (χ0n) is 18.7. The molecule has 2 aromatic carbocycles. The SMILES string of the molecule is O=C(Cn1cccc1C(=O)N1CCN(C(=O)c2ccccc2)CC1)Nc1ccccc1C(F)(F)F. The lowest BCUT2D eigenvalue weighted by Gasteiger charge is -2.35. The zero-order chi connectivity index (χ0) is 25.0. The Bertz CT molecular complexity index is 1220. The third-order valence-electron chi connectivity index (χ3n) is 5.74. The van der Waals surface area contributed by atoms with Gasteiger partial charge in [0.15, 0.2) is 0 Å². The molecule has 0 radical (unpaired) electrons. The smallest absolute Gasteiger partial charge is 0.335 e. The van der Waals surface area contributed by atoms with Crippen LogP contribution in [0.1, 0.15) is 26.4 Å². The number of amides is 3. The molecule has 1 aromatic heterocycles. The molecule has 3 amide bonds. The van der Waals surface area contributed by atoms with Crippen LogP contribution in [0.15, 0.2) is 72.9 Å². The van der Waals surface area contributed by atoms with Gasteiger partial charge in [-0.3, -0.25) is 14.4 Å². The fourth-order valence-electron chi connectivity index (χ4n) is 3.97. The highest BCUT2D eigenvalue weighted by molar-refractivity contribution is 5.96. The fourth-order valence-corrected chi connectivity index (χ4v) is 3.97. The minimum absolute atomic E-state index is 0.100. The van der Waals surface area contributed by atoms with Crippen molar-refractivity contribution in [2.75, 3.05) is 31.5 Å². The Labute approximate surface area is 199 Å². The molecule has 4 rings (SSSR count). The van der Waals surface area contributed by atoms with Gasteiger partial charge < -0.3 is 19.7 Å². The molecular weight excluding hydrogens is 461 g/mol. The van der Waals surface area contributed by atoms with E-state index in [2.05, 4.69) is 5.32 Å². The monoisotopic (exact) mass is 484 g/mol. The van der Waals surface area contributed by atoms with Crippen molar-refractivity contribution < 1.29 is 27.6 Å². The second-order valence-corrected chi connectivity index (χ2v) is 8.06. The van der Waals surface area contributed by atoms with E-state index in [0.717, 1.165) is 6.07 Å². The summed E-state index contributed by atoms with van der Waals surface area (Å²) in [6.07, 6.45) is -3.08. The highest BCUT2D eigenvalue weighted by atomic mass is 19.4. The van der Waals surface area contributed by atoms with Gasteiger partial charge in [0, 0.05) is 37.9 Å². The van der Waals surface area contributed by atoms with Gasteiger partial charge in [0.05, 0.1) is 11.3 Å². The van der Waals surface area contributed by atoms with Gasteiger partial charge in [-0.15, -0.1) is 0 Å². The minimum atomic E-state index is -4.61. The van der Waals surface area contributed by atoms with Gasteiger partial charge in [-0.05, 0) is 36.4 Å². The zero-order valence-corrected chi connectivity index (χ0v) is 18.7. The molecule has 1 fully saturated rings. The topological polar surface area (TPSA) is 74.7 Å². The number of alkyl halides is 3. The van der Waals surface area contributed by atoms with Gasteiger partial charge in [0.2, 0.25) is 5.91 Å². The molecule has 182 valence electrons. The molecule has 1 N–H and O–H groups in total. The third kappa shape index (κ3) is 5.53. The molecular formula is C25H23F3N4O3. The Hall–Kier alpha value is -4.08. The first-order valence-corrected chi connectivity index (χ1v) is 11.0. The summed E-state index contributed by atoms with van der Waals surface area (Å²) < 4.78 is 41.0. The van der Waals surface area contributed by atoms with Crippen LogP contribution in [0.25, 0.3) is 0 Å². The fraction of sp³-hybridized carbons (Fsp3) is 0.240. The summed E-state index contributed by atoms with van der Waals surface area (Å²) in [6, 6.07) is 16.8. The van der Waals surface area contributed by atoms with Crippen LogP contribution in [-0.4, -0.2) is 58.3 Å². The molecule has 10 heteroatoms. The Morgan fingerprint density at radius 3 is 2.03 bits per heavy atom. The molecule has 0 spiro atoms. The van der Waals surface area contributed by atoms with Crippen molar-refractivity contribution >= 4 is 23.4 Å². The second kappa shape index (κ2) is 10.0. The Morgan fingerprint density at radius 1 is 0.771 bits per heavy atom. The molecule has 0 bridgehead atoms. The summed E-state index contributed by atoms with van der Waals surface area (Å²) >= 11 is 0.